The SMILES string of the molecule is CCN(CC)CCOC(=O)c1cccc(N)c1C(=O)N(CC)CC.Cl. The molecular formula is C18H30ClN3O3. The standard InChI is InChI=1S/C18H29N3O3.ClH/c1-5-20(6-2)12-13-24-18(23)14-10-9-11-15(19)16(14)17(22)21(7-3)8-4;/h9-11H,5-8,12-13,19H2,1-4H3;1H. The zero-order valence-electron chi connectivity index (χ0n) is 15.6. The smallest absolute Gasteiger partial charge is 0.339 e. The van der Waals surface area contributed by atoms with E-state index in [-0.39, 0.29) is 36.0 Å². The van der Waals surface area contributed by atoms with Gasteiger partial charge in [0.2, 0.25) is 0 Å². The third-order valence-corrected chi connectivity index (χ3v) is 4.12. The first-order valence-electron chi connectivity index (χ1n) is 8.57. The molecule has 25 heavy (non-hydrogen) atoms. The van der Waals surface area contributed by atoms with Crippen molar-refractivity contribution in [2.24, 2.45) is 0 Å². The van der Waals surface area contributed by atoms with Crippen molar-refractivity contribution in [3.63, 3.8) is 0 Å². The number of rotatable bonds is 9. The van der Waals surface area contributed by atoms with E-state index in [2.05, 4.69) is 18.7 Å². The lowest BCUT2D eigenvalue weighted by molar-refractivity contribution is 0.0460. The van der Waals surface area contributed by atoms with E-state index in [1.807, 2.05) is 13.8 Å². The van der Waals surface area contributed by atoms with Gasteiger partial charge >= 0.3 is 5.97 Å². The molecule has 0 heterocycles. The number of esters is 1. The number of hydrogen-bond donors (Lipinski definition) is 1. The molecule has 0 aliphatic carbocycles. The van der Waals surface area contributed by atoms with Crippen LogP contribution < -0.4 is 5.73 Å². The van der Waals surface area contributed by atoms with Gasteiger partial charge in [-0.2, -0.15) is 0 Å². The summed E-state index contributed by atoms with van der Waals surface area (Å²) in [5, 5.41) is 0. The van der Waals surface area contributed by atoms with Crippen LogP contribution in [0.15, 0.2) is 18.2 Å². The average Bonchev–Trinajstić information content (AvgIpc) is 2.59. The average molecular weight is 372 g/mol. The van der Waals surface area contributed by atoms with Crippen molar-refractivity contribution in [3.8, 4) is 0 Å². The molecule has 7 heteroatoms. The predicted molar refractivity (Wildman–Crippen MR) is 103 cm³/mol. The van der Waals surface area contributed by atoms with Crippen LogP contribution in [0.5, 0.6) is 0 Å². The highest BCUT2D eigenvalue weighted by atomic mass is 35.5. The molecule has 0 bridgehead atoms. The highest BCUT2D eigenvalue weighted by Gasteiger charge is 2.23. The third kappa shape index (κ3) is 6.21. The van der Waals surface area contributed by atoms with Gasteiger partial charge in [0.05, 0.1) is 11.1 Å². The number of nitrogen functional groups attached to an aromatic ring is 1. The quantitative estimate of drug-likeness (QED) is 0.533. The molecule has 2 N–H and O–H groups in total. The van der Waals surface area contributed by atoms with Crippen LogP contribution in [0.4, 0.5) is 5.69 Å². The Morgan fingerprint density at radius 3 is 2.16 bits per heavy atom. The van der Waals surface area contributed by atoms with Gasteiger partial charge in [-0.1, -0.05) is 19.9 Å². The maximum Gasteiger partial charge on any atom is 0.339 e. The first-order chi connectivity index (χ1) is 11.5. The van der Waals surface area contributed by atoms with E-state index in [0.717, 1.165) is 13.1 Å². The van der Waals surface area contributed by atoms with E-state index in [0.29, 0.717) is 25.3 Å². The number of likely N-dealkylation sites (N-methyl/N-ethyl adjacent to an activating group) is 1. The minimum Gasteiger partial charge on any atom is -0.461 e. The van der Waals surface area contributed by atoms with E-state index in [1.54, 1.807) is 23.1 Å². The zero-order chi connectivity index (χ0) is 18.1. The molecule has 0 atom stereocenters. The molecule has 1 amide bonds. The van der Waals surface area contributed by atoms with Gasteiger partial charge in [0.1, 0.15) is 6.61 Å². The van der Waals surface area contributed by atoms with Crippen LogP contribution in [0.1, 0.15) is 48.4 Å². The zero-order valence-corrected chi connectivity index (χ0v) is 16.4. The number of carbonyl (C=O) groups is 2. The minimum atomic E-state index is -0.509. The van der Waals surface area contributed by atoms with Gasteiger partial charge in [0.25, 0.3) is 5.91 Å². The van der Waals surface area contributed by atoms with Crippen LogP contribution in [0, 0.1) is 0 Å². The Kier molecular flexibility index (Phi) is 10.9. The Morgan fingerprint density at radius 2 is 1.64 bits per heavy atom. The number of nitrogens with two attached hydrogens (primary N) is 1. The normalized spacial score (nSPS) is 10.3. The highest BCUT2D eigenvalue weighted by molar-refractivity contribution is 6.08. The first kappa shape index (κ1) is 23.2. The van der Waals surface area contributed by atoms with Crippen molar-refractivity contribution in [2.75, 3.05) is 45.1 Å². The lowest BCUT2D eigenvalue weighted by Gasteiger charge is -2.21. The molecule has 0 saturated heterocycles. The van der Waals surface area contributed by atoms with Crippen LogP contribution >= 0.6 is 12.4 Å². The van der Waals surface area contributed by atoms with Crippen molar-refractivity contribution in [2.45, 2.75) is 27.7 Å². The van der Waals surface area contributed by atoms with Gasteiger partial charge in [-0.05, 0) is 39.1 Å². The highest BCUT2D eigenvalue weighted by Crippen LogP contribution is 2.20. The van der Waals surface area contributed by atoms with Gasteiger partial charge in [0.15, 0.2) is 0 Å². The summed E-state index contributed by atoms with van der Waals surface area (Å²) >= 11 is 0. The molecule has 0 aliphatic heterocycles. The van der Waals surface area contributed by atoms with Gasteiger partial charge in [-0.25, -0.2) is 4.79 Å². The summed E-state index contributed by atoms with van der Waals surface area (Å²) in [5.74, 6) is -0.751. The Bertz CT molecular complexity index is 558. The molecule has 0 saturated carbocycles. The van der Waals surface area contributed by atoms with Crippen LogP contribution in [-0.2, 0) is 4.74 Å². The molecular weight excluding hydrogens is 342 g/mol. The summed E-state index contributed by atoms with van der Waals surface area (Å²) in [5.41, 5.74) is 6.72. The summed E-state index contributed by atoms with van der Waals surface area (Å²) in [6, 6.07) is 4.88. The fourth-order valence-corrected chi connectivity index (χ4v) is 2.53. The summed E-state index contributed by atoms with van der Waals surface area (Å²) in [4.78, 5) is 28.9. The molecule has 1 aromatic carbocycles. The molecule has 1 aromatic rings. The summed E-state index contributed by atoms with van der Waals surface area (Å²) < 4.78 is 5.35. The van der Waals surface area contributed by atoms with Gasteiger partial charge < -0.3 is 20.3 Å². The second-order valence-electron chi connectivity index (χ2n) is 5.41. The number of hydrogen-bond acceptors (Lipinski definition) is 5. The number of amides is 1. The van der Waals surface area contributed by atoms with Crippen molar-refractivity contribution in [3.05, 3.63) is 29.3 Å². The largest absolute Gasteiger partial charge is 0.461 e. The molecule has 0 radical (unpaired) electrons. The van der Waals surface area contributed by atoms with Crippen LogP contribution in [0.25, 0.3) is 0 Å². The number of halogens is 1. The number of benzene rings is 1. The third-order valence-electron chi connectivity index (χ3n) is 4.12. The summed E-state index contributed by atoms with van der Waals surface area (Å²) in [6.45, 7) is 11.8. The van der Waals surface area contributed by atoms with Gasteiger partial charge in [-0.3, -0.25) is 4.79 Å². The van der Waals surface area contributed by atoms with Crippen molar-refractivity contribution < 1.29 is 14.3 Å². The molecule has 1 rings (SSSR count). The summed E-state index contributed by atoms with van der Waals surface area (Å²) in [6.07, 6.45) is 0. The second kappa shape index (κ2) is 11.7. The van der Waals surface area contributed by atoms with Crippen LogP contribution in [0.2, 0.25) is 0 Å². The second-order valence-corrected chi connectivity index (χ2v) is 5.41. The van der Waals surface area contributed by atoms with Crippen molar-refractivity contribution in [1.29, 1.82) is 0 Å². The molecule has 0 aromatic heterocycles. The van der Waals surface area contributed by atoms with Gasteiger partial charge in [-0.15, -0.1) is 12.4 Å². The Balaban J connectivity index is 0.00000576. The molecule has 0 aliphatic rings. The lowest BCUT2D eigenvalue weighted by Crippen LogP contribution is -2.33. The number of carbonyl (C=O) groups excluding carboxylic acids is 2. The molecule has 6 nitrogen and oxygen atoms in total. The summed E-state index contributed by atoms with van der Waals surface area (Å²) in [7, 11) is 0. The van der Waals surface area contributed by atoms with E-state index in [9.17, 15) is 9.59 Å². The Morgan fingerprint density at radius 1 is 1.04 bits per heavy atom. The molecule has 0 spiro atoms. The lowest BCUT2D eigenvalue weighted by atomic mass is 10.0. The van der Waals surface area contributed by atoms with Crippen LogP contribution in [-0.4, -0.2) is 61.0 Å². The van der Waals surface area contributed by atoms with E-state index >= 15 is 0 Å². The molecule has 142 valence electrons. The topological polar surface area (TPSA) is 75.9 Å². The Hall–Kier alpha value is -1.79. The van der Waals surface area contributed by atoms with Crippen molar-refractivity contribution >= 4 is 30.0 Å². The molecule has 0 unspecified atom stereocenters. The first-order valence-corrected chi connectivity index (χ1v) is 8.57. The maximum atomic E-state index is 12.7. The minimum absolute atomic E-state index is 0. The fourth-order valence-electron chi connectivity index (χ4n) is 2.53. The van der Waals surface area contributed by atoms with Crippen molar-refractivity contribution in [1.82, 2.24) is 9.80 Å². The van der Waals surface area contributed by atoms with Gasteiger partial charge in [0, 0.05) is 25.3 Å². The predicted octanol–water partition coefficient (Wildman–Crippen LogP) is 2.67. The number of nitrogens with zero attached hydrogens (tertiary/aromatic N) is 2. The maximum absolute atomic E-state index is 12.7. The van der Waals surface area contributed by atoms with Crippen LogP contribution in [0.3, 0.4) is 0 Å². The monoisotopic (exact) mass is 371 g/mol. The molecule has 0 fully saturated rings. The Labute approximate surface area is 156 Å². The fraction of sp³-hybridized carbons (Fsp3) is 0.556. The van der Waals surface area contributed by atoms with E-state index < -0.39 is 5.97 Å². The number of ether oxygens (including phenoxy) is 1. The van der Waals surface area contributed by atoms with E-state index in [1.165, 1.54) is 0 Å². The van der Waals surface area contributed by atoms with E-state index in [4.69, 9.17) is 10.5 Å². The number of anilines is 1.